The molecule has 0 heterocycles. The molecule has 0 spiro atoms. The van der Waals surface area contributed by atoms with Crippen molar-refractivity contribution in [1.29, 1.82) is 0 Å². The van der Waals surface area contributed by atoms with E-state index in [1.807, 2.05) is 0 Å². The van der Waals surface area contributed by atoms with Gasteiger partial charge in [0.05, 0.1) is 0 Å². The van der Waals surface area contributed by atoms with E-state index in [1.54, 1.807) is 0 Å². The molecule has 24 heavy (non-hydrogen) atoms. The lowest BCUT2D eigenvalue weighted by molar-refractivity contribution is 0.137. The average molecular weight is 328 g/mol. The highest BCUT2D eigenvalue weighted by molar-refractivity contribution is 5.63. The van der Waals surface area contributed by atoms with E-state index in [1.165, 1.54) is 48.8 Å². The fourth-order valence-corrected chi connectivity index (χ4v) is 2.55. The van der Waals surface area contributed by atoms with Gasteiger partial charge in [-0.05, 0) is 35.4 Å². The van der Waals surface area contributed by atoms with Crippen LogP contribution in [0.2, 0.25) is 0 Å². The third-order valence-electron chi connectivity index (χ3n) is 3.81. The molecular weight excluding hydrogens is 300 g/mol. The predicted octanol–water partition coefficient (Wildman–Crippen LogP) is 6.33. The van der Waals surface area contributed by atoms with Crippen molar-refractivity contribution in [2.75, 3.05) is 0 Å². The zero-order chi connectivity index (χ0) is 17.8. The van der Waals surface area contributed by atoms with Crippen LogP contribution in [0, 0.1) is 5.92 Å². The Morgan fingerprint density at radius 2 is 1.38 bits per heavy atom. The number of hydrogen-bond acceptors (Lipinski definition) is 1. The van der Waals surface area contributed by atoms with E-state index in [-0.39, 0.29) is 0 Å². The summed E-state index contributed by atoms with van der Waals surface area (Å²) in [5.41, 5.74) is 4.08. The first kappa shape index (κ1) is 19.8. The first-order valence-electron chi connectivity index (χ1n) is 8.55. The molecule has 0 aliphatic heterocycles. The predicted molar refractivity (Wildman–Crippen MR) is 99.5 cm³/mol. The van der Waals surface area contributed by atoms with Gasteiger partial charge in [0.25, 0.3) is 0 Å². The molecule has 0 amide bonds. The monoisotopic (exact) mass is 328 g/mol. The van der Waals surface area contributed by atoms with Gasteiger partial charge in [0.1, 0.15) is 0 Å². The molecular formula is C21H28O3. The average Bonchev–Trinajstić information content (AvgIpc) is 2.55. The first-order valence-corrected chi connectivity index (χ1v) is 8.55. The van der Waals surface area contributed by atoms with Crippen molar-refractivity contribution in [2.24, 2.45) is 5.92 Å². The summed E-state index contributed by atoms with van der Waals surface area (Å²) in [6.45, 7) is 4.62. The van der Waals surface area contributed by atoms with Crippen molar-refractivity contribution in [2.45, 2.75) is 46.0 Å². The Morgan fingerprint density at radius 1 is 0.833 bits per heavy atom. The zero-order valence-electron chi connectivity index (χ0n) is 14.6. The molecule has 3 nitrogen and oxygen atoms in total. The Labute approximate surface area is 145 Å². The van der Waals surface area contributed by atoms with Crippen LogP contribution in [0.15, 0.2) is 54.6 Å². The van der Waals surface area contributed by atoms with Crippen LogP contribution in [0.25, 0.3) is 11.1 Å². The standard InChI is InChI=1S/C20H26.CH2O3/c1-17(2)9-5-3-6-10-18-13-15-20(16-14-18)19-11-7-4-8-12-19;2-1(3)4/h4,7-8,11-17H,3,5-6,9-10H2,1-2H3;(H2,2,3,4). The molecule has 0 aliphatic rings. The maximum Gasteiger partial charge on any atom is 0.503 e. The molecule has 0 atom stereocenters. The number of benzene rings is 2. The van der Waals surface area contributed by atoms with E-state index in [0.29, 0.717) is 0 Å². The smallest absolute Gasteiger partial charge is 0.450 e. The van der Waals surface area contributed by atoms with Gasteiger partial charge >= 0.3 is 6.16 Å². The first-order chi connectivity index (χ1) is 11.5. The molecule has 0 fully saturated rings. The van der Waals surface area contributed by atoms with Crippen LogP contribution in [0.1, 0.15) is 45.1 Å². The van der Waals surface area contributed by atoms with Crippen molar-refractivity contribution < 1.29 is 15.0 Å². The minimum Gasteiger partial charge on any atom is -0.450 e. The molecule has 0 radical (unpaired) electrons. The van der Waals surface area contributed by atoms with Crippen molar-refractivity contribution in [3.05, 3.63) is 60.2 Å². The summed E-state index contributed by atoms with van der Waals surface area (Å²) in [7, 11) is 0. The van der Waals surface area contributed by atoms with E-state index >= 15 is 0 Å². The zero-order valence-corrected chi connectivity index (χ0v) is 14.6. The number of carboxylic acid groups (broad SMARTS) is 2. The molecule has 0 saturated carbocycles. The van der Waals surface area contributed by atoms with Crippen LogP contribution < -0.4 is 0 Å². The number of unbranched alkanes of at least 4 members (excludes halogenated alkanes) is 2. The van der Waals surface area contributed by atoms with Crippen LogP contribution in [0.4, 0.5) is 4.79 Å². The van der Waals surface area contributed by atoms with Crippen molar-refractivity contribution in [1.82, 2.24) is 0 Å². The highest BCUT2D eigenvalue weighted by Gasteiger charge is 1.99. The van der Waals surface area contributed by atoms with Gasteiger partial charge in [-0.2, -0.15) is 0 Å². The fraction of sp³-hybridized carbons (Fsp3) is 0.381. The lowest BCUT2D eigenvalue weighted by atomic mass is 10.00. The third kappa shape index (κ3) is 8.99. The lowest BCUT2D eigenvalue weighted by Gasteiger charge is -2.06. The van der Waals surface area contributed by atoms with Gasteiger partial charge in [-0.15, -0.1) is 0 Å². The summed E-state index contributed by atoms with van der Waals surface area (Å²) in [4.78, 5) is 8.56. The van der Waals surface area contributed by atoms with Gasteiger partial charge in [-0.1, -0.05) is 87.7 Å². The van der Waals surface area contributed by atoms with E-state index < -0.39 is 6.16 Å². The molecule has 2 aromatic carbocycles. The molecule has 2 rings (SSSR count). The van der Waals surface area contributed by atoms with Crippen molar-refractivity contribution in [3.63, 3.8) is 0 Å². The molecule has 0 unspecified atom stereocenters. The number of rotatable bonds is 7. The lowest BCUT2D eigenvalue weighted by Crippen LogP contribution is -1.89. The Bertz CT molecular complexity index is 570. The SMILES string of the molecule is CC(C)CCCCCc1ccc(-c2ccccc2)cc1.O=C(O)O. The van der Waals surface area contributed by atoms with Crippen LogP contribution in [-0.4, -0.2) is 16.4 Å². The largest absolute Gasteiger partial charge is 0.503 e. The van der Waals surface area contributed by atoms with Gasteiger partial charge in [-0.3, -0.25) is 0 Å². The molecule has 130 valence electrons. The molecule has 0 aliphatic carbocycles. The Kier molecular flexibility index (Phi) is 9.28. The summed E-state index contributed by atoms with van der Waals surface area (Å²) in [5.74, 6) is 0.847. The maximum absolute atomic E-state index is 8.56. The van der Waals surface area contributed by atoms with E-state index in [9.17, 15) is 0 Å². The quantitative estimate of drug-likeness (QED) is 0.583. The van der Waals surface area contributed by atoms with E-state index in [0.717, 1.165) is 5.92 Å². The maximum atomic E-state index is 8.56. The molecule has 0 aromatic heterocycles. The Hall–Kier alpha value is -2.29. The van der Waals surface area contributed by atoms with Gasteiger partial charge < -0.3 is 10.2 Å². The second-order valence-corrected chi connectivity index (χ2v) is 6.34. The normalized spacial score (nSPS) is 10.1. The topological polar surface area (TPSA) is 57.5 Å². The molecule has 0 saturated heterocycles. The van der Waals surface area contributed by atoms with Gasteiger partial charge in [0.15, 0.2) is 0 Å². The second-order valence-electron chi connectivity index (χ2n) is 6.34. The van der Waals surface area contributed by atoms with Gasteiger partial charge in [0, 0.05) is 0 Å². The Morgan fingerprint density at radius 3 is 1.92 bits per heavy atom. The van der Waals surface area contributed by atoms with Gasteiger partial charge in [0.2, 0.25) is 0 Å². The highest BCUT2D eigenvalue weighted by atomic mass is 16.6. The van der Waals surface area contributed by atoms with Crippen LogP contribution in [-0.2, 0) is 6.42 Å². The van der Waals surface area contributed by atoms with E-state index in [2.05, 4.69) is 68.4 Å². The number of carbonyl (C=O) groups is 1. The van der Waals surface area contributed by atoms with E-state index in [4.69, 9.17) is 15.0 Å². The minimum absolute atomic E-state index is 0.847. The van der Waals surface area contributed by atoms with Crippen LogP contribution in [0.5, 0.6) is 0 Å². The summed E-state index contributed by atoms with van der Waals surface area (Å²) in [6.07, 6.45) is 4.80. The minimum atomic E-state index is -1.83. The summed E-state index contributed by atoms with van der Waals surface area (Å²) < 4.78 is 0. The van der Waals surface area contributed by atoms with Crippen LogP contribution >= 0.6 is 0 Å². The number of aryl methyl sites for hydroxylation is 1. The second kappa shape index (κ2) is 11.3. The molecule has 0 bridgehead atoms. The fourth-order valence-electron chi connectivity index (χ4n) is 2.55. The molecule has 3 heteroatoms. The Balaban J connectivity index is 0.000000648. The molecule has 2 N–H and O–H groups in total. The molecule has 2 aromatic rings. The summed E-state index contributed by atoms with van der Waals surface area (Å²) in [6, 6.07) is 19.7. The van der Waals surface area contributed by atoms with Crippen molar-refractivity contribution >= 4 is 6.16 Å². The summed E-state index contributed by atoms with van der Waals surface area (Å²) >= 11 is 0. The highest BCUT2D eigenvalue weighted by Crippen LogP contribution is 2.20. The van der Waals surface area contributed by atoms with Gasteiger partial charge in [-0.25, -0.2) is 4.79 Å². The third-order valence-corrected chi connectivity index (χ3v) is 3.81. The summed E-state index contributed by atoms with van der Waals surface area (Å²) in [5, 5.41) is 13.9. The number of hydrogen-bond donors (Lipinski definition) is 2. The van der Waals surface area contributed by atoms with Crippen LogP contribution in [0.3, 0.4) is 0 Å². The van der Waals surface area contributed by atoms with Crippen molar-refractivity contribution in [3.8, 4) is 11.1 Å².